The quantitative estimate of drug-likeness (QED) is 0.335. The van der Waals surface area contributed by atoms with Gasteiger partial charge >= 0.3 is 6.01 Å². The lowest BCUT2D eigenvalue weighted by Crippen LogP contribution is -2.49. The van der Waals surface area contributed by atoms with Gasteiger partial charge in [0.2, 0.25) is 0 Å². The Kier molecular flexibility index (Phi) is 7.17. The molecule has 0 unspecified atom stereocenters. The number of sulfone groups is 1. The number of nitrogens with one attached hydrogen (secondary N) is 1. The van der Waals surface area contributed by atoms with Crippen molar-refractivity contribution < 1.29 is 23.2 Å². The van der Waals surface area contributed by atoms with E-state index in [0.29, 0.717) is 11.3 Å². The van der Waals surface area contributed by atoms with Crippen molar-refractivity contribution in [1.29, 1.82) is 0 Å². The number of nitrogens with zero attached hydrogens (tertiary/aromatic N) is 5. The van der Waals surface area contributed by atoms with Gasteiger partial charge in [-0.2, -0.15) is 4.68 Å². The zero-order chi connectivity index (χ0) is 25.1. The summed E-state index contributed by atoms with van der Waals surface area (Å²) < 4.78 is 30.9. The largest absolute Gasteiger partial charge is 0.423 e. The molecule has 0 aliphatic heterocycles. The van der Waals surface area contributed by atoms with Crippen LogP contribution < -0.4 is 15.8 Å². The second kappa shape index (κ2) is 9.73. The Morgan fingerprint density at radius 1 is 1.21 bits per heavy atom. The molecule has 12 nitrogen and oxygen atoms in total. The van der Waals surface area contributed by atoms with E-state index >= 15 is 0 Å². The third-order valence-corrected chi connectivity index (χ3v) is 7.60. The third kappa shape index (κ3) is 5.15. The SMILES string of the molecule is CC(C)n1nnnc1Oc1ccc(-c2ccn(CC[C@](C)(C(=O)NO)S(C)(=O)=O)c(=O)c2)cc1. The van der Waals surface area contributed by atoms with Crippen LogP contribution in [0.25, 0.3) is 11.1 Å². The van der Waals surface area contributed by atoms with Crippen molar-refractivity contribution >= 4 is 15.7 Å². The highest BCUT2D eigenvalue weighted by Crippen LogP contribution is 2.25. The predicted octanol–water partition coefficient (Wildman–Crippen LogP) is 1.57. The highest BCUT2D eigenvalue weighted by molar-refractivity contribution is 7.92. The molecule has 34 heavy (non-hydrogen) atoms. The summed E-state index contributed by atoms with van der Waals surface area (Å²) >= 11 is 0. The number of pyridine rings is 1. The monoisotopic (exact) mass is 490 g/mol. The van der Waals surface area contributed by atoms with Crippen LogP contribution in [-0.2, 0) is 21.2 Å². The van der Waals surface area contributed by atoms with Gasteiger partial charge in [-0.1, -0.05) is 17.2 Å². The highest BCUT2D eigenvalue weighted by atomic mass is 32.2. The average Bonchev–Trinajstić information content (AvgIpc) is 3.25. The van der Waals surface area contributed by atoms with Crippen molar-refractivity contribution in [3.8, 4) is 22.9 Å². The molecule has 3 rings (SSSR count). The molecule has 182 valence electrons. The van der Waals surface area contributed by atoms with Crippen LogP contribution in [0.2, 0.25) is 0 Å². The van der Waals surface area contributed by atoms with Gasteiger partial charge < -0.3 is 9.30 Å². The second-order valence-corrected chi connectivity index (χ2v) is 10.7. The van der Waals surface area contributed by atoms with Crippen LogP contribution in [-0.4, -0.2) is 55.3 Å². The molecule has 1 amide bonds. The van der Waals surface area contributed by atoms with Crippen molar-refractivity contribution in [1.82, 2.24) is 30.3 Å². The number of aryl methyl sites for hydroxylation is 1. The summed E-state index contributed by atoms with van der Waals surface area (Å²) in [7, 11) is -3.85. The Bertz CT molecular complexity index is 1330. The minimum Gasteiger partial charge on any atom is -0.423 e. The van der Waals surface area contributed by atoms with E-state index in [1.54, 1.807) is 35.0 Å². The first-order valence-corrected chi connectivity index (χ1v) is 12.3. The summed E-state index contributed by atoms with van der Waals surface area (Å²) in [6, 6.07) is 10.4. The fraction of sp³-hybridized carbons (Fsp3) is 0.381. The van der Waals surface area contributed by atoms with Gasteiger partial charge in [-0.05, 0) is 66.9 Å². The van der Waals surface area contributed by atoms with Crippen molar-refractivity contribution in [3.63, 3.8) is 0 Å². The maximum Gasteiger partial charge on any atom is 0.341 e. The lowest BCUT2D eigenvalue weighted by molar-refractivity contribution is -0.131. The topological polar surface area (TPSA) is 158 Å². The lowest BCUT2D eigenvalue weighted by atomic mass is 10.1. The number of carbonyl (C=O) groups is 1. The number of amides is 1. The van der Waals surface area contributed by atoms with E-state index in [9.17, 15) is 18.0 Å². The van der Waals surface area contributed by atoms with E-state index in [-0.39, 0.29) is 30.6 Å². The third-order valence-electron chi connectivity index (χ3n) is 5.57. The van der Waals surface area contributed by atoms with E-state index < -0.39 is 20.5 Å². The fourth-order valence-corrected chi connectivity index (χ4v) is 4.03. The maximum absolute atomic E-state index is 12.6. The van der Waals surface area contributed by atoms with Gasteiger partial charge in [-0.15, -0.1) is 0 Å². The van der Waals surface area contributed by atoms with Crippen LogP contribution in [0, 0.1) is 0 Å². The molecule has 2 aromatic heterocycles. The Hall–Kier alpha value is -3.58. The molecule has 2 heterocycles. The van der Waals surface area contributed by atoms with Crippen LogP contribution >= 0.6 is 0 Å². The molecule has 3 aromatic rings. The number of benzene rings is 1. The average molecular weight is 491 g/mol. The van der Waals surface area contributed by atoms with Crippen LogP contribution in [0.5, 0.6) is 11.8 Å². The number of hydroxylamine groups is 1. The van der Waals surface area contributed by atoms with Crippen molar-refractivity contribution in [2.75, 3.05) is 6.26 Å². The number of rotatable bonds is 9. The first-order valence-electron chi connectivity index (χ1n) is 10.4. The molecule has 0 bridgehead atoms. The molecule has 0 aliphatic carbocycles. The molecule has 13 heteroatoms. The molecule has 0 radical (unpaired) electrons. The summed E-state index contributed by atoms with van der Waals surface area (Å²) in [6.07, 6.45) is 2.24. The molecule has 0 fully saturated rings. The first kappa shape index (κ1) is 25.1. The number of hydrogen-bond donors (Lipinski definition) is 2. The first-order chi connectivity index (χ1) is 16.0. The normalized spacial score (nSPS) is 13.5. The number of carbonyl (C=O) groups excluding carboxylic acids is 1. The van der Waals surface area contributed by atoms with Gasteiger partial charge in [-0.3, -0.25) is 14.8 Å². The van der Waals surface area contributed by atoms with Crippen LogP contribution in [0.1, 0.15) is 33.2 Å². The van der Waals surface area contributed by atoms with Gasteiger partial charge in [0.1, 0.15) is 5.75 Å². The summed E-state index contributed by atoms with van der Waals surface area (Å²) in [4.78, 5) is 24.6. The molecule has 1 aromatic carbocycles. The van der Waals surface area contributed by atoms with Crippen LogP contribution in [0.4, 0.5) is 0 Å². The molecule has 2 N–H and O–H groups in total. The van der Waals surface area contributed by atoms with E-state index in [4.69, 9.17) is 9.94 Å². The second-order valence-electron chi connectivity index (χ2n) is 8.27. The molecular weight excluding hydrogens is 464 g/mol. The number of tetrazole rings is 1. The van der Waals surface area contributed by atoms with Gasteiger partial charge in [0, 0.05) is 25.1 Å². The highest BCUT2D eigenvalue weighted by Gasteiger charge is 2.43. The number of hydrogen-bond acceptors (Lipinski definition) is 9. The smallest absolute Gasteiger partial charge is 0.341 e. The van der Waals surface area contributed by atoms with Gasteiger partial charge in [0.05, 0.1) is 6.04 Å². The lowest BCUT2D eigenvalue weighted by Gasteiger charge is -2.25. The van der Waals surface area contributed by atoms with Crippen molar-refractivity contribution in [2.24, 2.45) is 0 Å². The Labute approximate surface area is 196 Å². The molecule has 0 aliphatic rings. The van der Waals surface area contributed by atoms with Gasteiger partial charge in [0.15, 0.2) is 14.6 Å². The van der Waals surface area contributed by atoms with Gasteiger partial charge in [0.25, 0.3) is 11.5 Å². The minimum absolute atomic E-state index is 0.0316. The molecule has 0 saturated carbocycles. The molecule has 1 atom stereocenters. The Balaban J connectivity index is 1.75. The standard InChI is InChI=1S/C21H26N6O6S/c1-14(2)27-20(22-24-25-27)33-17-7-5-15(6-8-17)16-9-11-26(18(28)13-16)12-10-21(3,19(29)23-30)34(4,31)32/h5-9,11,13-14,30H,10,12H2,1-4H3,(H,23,29)/t21-/m1/s1. The number of ether oxygens (including phenoxy) is 1. The van der Waals surface area contributed by atoms with Crippen molar-refractivity contribution in [3.05, 3.63) is 52.9 Å². The van der Waals surface area contributed by atoms with Gasteiger partial charge in [-0.25, -0.2) is 13.9 Å². The maximum atomic E-state index is 12.6. The van der Waals surface area contributed by atoms with E-state index in [0.717, 1.165) is 11.8 Å². The number of aromatic nitrogens is 5. The summed E-state index contributed by atoms with van der Waals surface area (Å²) in [5.41, 5.74) is 2.44. The van der Waals surface area contributed by atoms with Crippen molar-refractivity contribution in [2.45, 2.75) is 44.5 Å². The fourth-order valence-electron chi connectivity index (χ4n) is 3.19. The summed E-state index contributed by atoms with van der Waals surface area (Å²) in [5, 5.41) is 20.3. The predicted molar refractivity (Wildman–Crippen MR) is 122 cm³/mol. The summed E-state index contributed by atoms with van der Waals surface area (Å²) in [5.74, 6) is -0.527. The Morgan fingerprint density at radius 3 is 2.44 bits per heavy atom. The zero-order valence-corrected chi connectivity index (χ0v) is 20.0. The van der Waals surface area contributed by atoms with E-state index in [2.05, 4.69) is 15.5 Å². The van der Waals surface area contributed by atoms with Crippen LogP contribution in [0.15, 0.2) is 47.4 Å². The minimum atomic E-state index is -3.85. The van der Waals surface area contributed by atoms with E-state index in [1.165, 1.54) is 29.2 Å². The Morgan fingerprint density at radius 2 is 1.88 bits per heavy atom. The molecule has 0 saturated heterocycles. The molecule has 0 spiro atoms. The molecular formula is C21H26N6O6S. The zero-order valence-electron chi connectivity index (χ0n) is 19.2. The van der Waals surface area contributed by atoms with E-state index in [1.807, 2.05) is 13.8 Å². The van der Waals surface area contributed by atoms with Crippen LogP contribution in [0.3, 0.4) is 0 Å². The summed E-state index contributed by atoms with van der Waals surface area (Å²) in [6.45, 7) is 5.03.